The molecule has 156 valence electrons. The van der Waals surface area contributed by atoms with Gasteiger partial charge in [0.25, 0.3) is 0 Å². The lowest BCUT2D eigenvalue weighted by molar-refractivity contribution is -0.133. The summed E-state index contributed by atoms with van der Waals surface area (Å²) in [6.45, 7) is 8.32. The molecule has 1 N–H and O–H groups in total. The summed E-state index contributed by atoms with van der Waals surface area (Å²) in [5, 5.41) is 3.40. The molecule has 0 bridgehead atoms. The van der Waals surface area contributed by atoms with Crippen molar-refractivity contribution >= 4 is 22.8 Å². The molecule has 1 fully saturated rings. The van der Waals surface area contributed by atoms with Crippen LogP contribution < -0.4 is 5.32 Å². The minimum Gasteiger partial charge on any atom is -0.326 e. The van der Waals surface area contributed by atoms with Gasteiger partial charge in [0.2, 0.25) is 5.91 Å². The Morgan fingerprint density at radius 2 is 1.75 bits per heavy atom. The topological polar surface area (TPSA) is 46.2 Å². The molecule has 2 rings (SSSR count). The first-order chi connectivity index (χ1) is 13.4. The van der Waals surface area contributed by atoms with Gasteiger partial charge in [-0.2, -0.15) is 0 Å². The van der Waals surface area contributed by atoms with Crippen molar-refractivity contribution in [2.24, 2.45) is 17.3 Å². The summed E-state index contributed by atoms with van der Waals surface area (Å²) in [6.07, 6.45) is 17.6. The molecule has 2 aliphatic rings. The van der Waals surface area contributed by atoms with Gasteiger partial charge in [0.1, 0.15) is 0 Å². The van der Waals surface area contributed by atoms with Gasteiger partial charge in [-0.05, 0) is 43.8 Å². The molecule has 0 aromatic heterocycles. The molecule has 0 aromatic carbocycles. The summed E-state index contributed by atoms with van der Waals surface area (Å²) >= 11 is 1.29. The smallest absolute Gasteiger partial charge is 0.230 e. The molecule has 0 radical (unpaired) electrons. The molecule has 1 saturated carbocycles. The van der Waals surface area contributed by atoms with Crippen molar-refractivity contribution in [3.05, 3.63) is 34.9 Å². The molecule has 2 aliphatic carbocycles. The van der Waals surface area contributed by atoms with E-state index in [1.807, 2.05) is 26.0 Å². The van der Waals surface area contributed by atoms with Crippen LogP contribution in [0.5, 0.6) is 0 Å². The van der Waals surface area contributed by atoms with Crippen LogP contribution in [0.4, 0.5) is 0 Å². The highest BCUT2D eigenvalue weighted by molar-refractivity contribution is 8.17. The first-order valence-corrected chi connectivity index (χ1v) is 11.8. The van der Waals surface area contributed by atoms with Crippen molar-refractivity contribution in [1.29, 1.82) is 0 Å². The number of hydrogen-bond acceptors (Lipinski definition) is 3. The average Bonchev–Trinajstić information content (AvgIpc) is 2.91. The molecule has 0 unspecified atom stereocenters. The molecule has 0 heterocycles. The predicted octanol–water partition coefficient (Wildman–Crippen LogP) is 6.52. The number of hydrogen-bond donors (Lipinski definition) is 1. The Bertz CT molecular complexity index is 635. The van der Waals surface area contributed by atoms with Crippen molar-refractivity contribution < 1.29 is 9.59 Å². The summed E-state index contributed by atoms with van der Waals surface area (Å²) in [7, 11) is 0. The largest absolute Gasteiger partial charge is 0.326 e. The molecule has 0 atom stereocenters. The Hall–Kier alpha value is -1.29. The van der Waals surface area contributed by atoms with E-state index in [0.717, 1.165) is 62.0 Å². The van der Waals surface area contributed by atoms with E-state index in [0.29, 0.717) is 5.92 Å². The zero-order chi connectivity index (χ0) is 20.6. The van der Waals surface area contributed by atoms with Crippen LogP contribution in [0.2, 0.25) is 0 Å². The standard InChI is InChI=1S/C24H37NO2S/c1-5-19(6-2)17-24(15-8-7-9-16-24)23(27)25-20-11-10-12-21(14-13-20)28-22(26)18(3)4/h11-14,18-19H,5-10,15-17H2,1-4H3,(H,25,27). The number of carbonyl (C=O) groups is 2. The minimum absolute atomic E-state index is 0.0194. The third-order valence-corrected chi connectivity index (χ3v) is 7.37. The molecule has 0 aliphatic heterocycles. The molecule has 3 nitrogen and oxygen atoms in total. The van der Waals surface area contributed by atoms with E-state index in [1.54, 1.807) is 0 Å². The second-order valence-corrected chi connectivity index (χ2v) is 9.67. The van der Waals surface area contributed by atoms with Gasteiger partial charge >= 0.3 is 0 Å². The van der Waals surface area contributed by atoms with E-state index in [-0.39, 0.29) is 22.4 Å². The van der Waals surface area contributed by atoms with Crippen molar-refractivity contribution in [3.63, 3.8) is 0 Å². The summed E-state index contributed by atoms with van der Waals surface area (Å²) in [4.78, 5) is 26.3. The third kappa shape index (κ3) is 6.37. The maximum absolute atomic E-state index is 13.4. The number of nitrogens with one attached hydrogen (secondary N) is 1. The van der Waals surface area contributed by atoms with Crippen LogP contribution in [0.25, 0.3) is 0 Å². The second kappa shape index (κ2) is 11.0. The molecular weight excluding hydrogens is 366 g/mol. The molecule has 0 aromatic rings. The first kappa shape index (κ1) is 23.0. The monoisotopic (exact) mass is 403 g/mol. The summed E-state index contributed by atoms with van der Waals surface area (Å²) < 4.78 is 0. The van der Waals surface area contributed by atoms with Gasteiger partial charge in [-0.3, -0.25) is 9.59 Å². The Labute approximate surface area is 175 Å². The fourth-order valence-electron chi connectivity index (χ4n) is 4.16. The van der Waals surface area contributed by atoms with Gasteiger partial charge in [0.15, 0.2) is 5.12 Å². The lowest BCUT2D eigenvalue weighted by Gasteiger charge is -2.38. The SMILES string of the molecule is CCC(CC)CC1(C(=O)NC2=CCC=C(SC(=O)C(C)C)C=C2)CCCCC1. The predicted molar refractivity (Wildman–Crippen MR) is 120 cm³/mol. The zero-order valence-corrected chi connectivity index (χ0v) is 18.9. The quantitative estimate of drug-likeness (QED) is 0.501. The van der Waals surface area contributed by atoms with Gasteiger partial charge in [-0.25, -0.2) is 0 Å². The Morgan fingerprint density at radius 3 is 2.36 bits per heavy atom. The van der Waals surface area contributed by atoms with Crippen molar-refractivity contribution in [2.45, 2.75) is 85.5 Å². The normalized spacial score (nSPS) is 19.2. The Morgan fingerprint density at radius 1 is 1.07 bits per heavy atom. The first-order valence-electron chi connectivity index (χ1n) is 11.0. The summed E-state index contributed by atoms with van der Waals surface area (Å²) in [6, 6.07) is 0. The van der Waals surface area contributed by atoms with E-state index >= 15 is 0 Å². The summed E-state index contributed by atoms with van der Waals surface area (Å²) in [5.41, 5.74) is 0.650. The molecule has 1 amide bonds. The number of carbonyl (C=O) groups excluding carboxylic acids is 2. The van der Waals surface area contributed by atoms with Gasteiger partial charge in [-0.15, -0.1) is 0 Å². The maximum atomic E-state index is 13.4. The molecular formula is C24H37NO2S. The van der Waals surface area contributed by atoms with E-state index in [1.165, 1.54) is 18.2 Å². The fraction of sp³-hybridized carbons (Fsp3) is 0.667. The highest BCUT2D eigenvalue weighted by Gasteiger charge is 2.40. The number of allylic oxidation sites excluding steroid dienone is 4. The molecule has 4 heteroatoms. The van der Waals surface area contributed by atoms with E-state index < -0.39 is 0 Å². The fourth-order valence-corrected chi connectivity index (χ4v) is 4.94. The summed E-state index contributed by atoms with van der Waals surface area (Å²) in [5.74, 6) is 0.838. The minimum atomic E-state index is -0.214. The van der Waals surface area contributed by atoms with Gasteiger partial charge in [0, 0.05) is 21.9 Å². The van der Waals surface area contributed by atoms with Gasteiger partial charge in [0.05, 0.1) is 0 Å². The van der Waals surface area contributed by atoms with Crippen LogP contribution in [0, 0.1) is 17.3 Å². The maximum Gasteiger partial charge on any atom is 0.230 e. The Kier molecular flexibility index (Phi) is 9.07. The van der Waals surface area contributed by atoms with Crippen LogP contribution in [0.15, 0.2) is 34.9 Å². The zero-order valence-electron chi connectivity index (χ0n) is 18.1. The van der Waals surface area contributed by atoms with E-state index in [9.17, 15) is 9.59 Å². The highest BCUT2D eigenvalue weighted by atomic mass is 32.2. The number of rotatable bonds is 8. The van der Waals surface area contributed by atoms with Gasteiger partial charge < -0.3 is 5.32 Å². The lowest BCUT2D eigenvalue weighted by Crippen LogP contribution is -2.43. The van der Waals surface area contributed by atoms with Crippen LogP contribution in [0.3, 0.4) is 0 Å². The second-order valence-electron chi connectivity index (χ2n) is 8.59. The van der Waals surface area contributed by atoms with Crippen LogP contribution in [-0.4, -0.2) is 11.0 Å². The van der Waals surface area contributed by atoms with Crippen molar-refractivity contribution in [3.8, 4) is 0 Å². The van der Waals surface area contributed by atoms with Crippen LogP contribution in [0.1, 0.15) is 85.5 Å². The van der Waals surface area contributed by atoms with E-state index in [2.05, 4.69) is 31.3 Å². The Balaban J connectivity index is 2.05. The third-order valence-electron chi connectivity index (χ3n) is 6.16. The number of amides is 1. The molecule has 0 saturated heterocycles. The highest BCUT2D eigenvalue weighted by Crippen LogP contribution is 2.43. The molecule has 28 heavy (non-hydrogen) atoms. The molecule has 0 spiro atoms. The lowest BCUT2D eigenvalue weighted by atomic mass is 9.67. The average molecular weight is 404 g/mol. The van der Waals surface area contributed by atoms with Crippen molar-refractivity contribution in [1.82, 2.24) is 5.32 Å². The van der Waals surface area contributed by atoms with Crippen LogP contribution >= 0.6 is 11.8 Å². The van der Waals surface area contributed by atoms with Gasteiger partial charge in [-0.1, -0.05) is 83.7 Å². The van der Waals surface area contributed by atoms with E-state index in [4.69, 9.17) is 0 Å². The number of thioether (sulfide) groups is 1. The van der Waals surface area contributed by atoms with Crippen molar-refractivity contribution in [2.75, 3.05) is 0 Å². The van der Waals surface area contributed by atoms with Crippen LogP contribution in [-0.2, 0) is 9.59 Å².